The summed E-state index contributed by atoms with van der Waals surface area (Å²) < 4.78 is 10.6. The Morgan fingerprint density at radius 1 is 1.38 bits per heavy atom. The summed E-state index contributed by atoms with van der Waals surface area (Å²) in [5, 5.41) is 14.7. The maximum Gasteiger partial charge on any atom is 0.325 e. The fraction of sp³-hybridized carbons (Fsp3) is 0.526. The molecule has 2 aliphatic heterocycles. The molecule has 0 saturated carbocycles. The number of ether oxygens (including phenoxy) is 2. The molecule has 29 heavy (non-hydrogen) atoms. The summed E-state index contributed by atoms with van der Waals surface area (Å²) in [6.07, 6.45) is 2.92. The number of urea groups is 1. The molecule has 0 unspecified atom stereocenters. The zero-order valence-corrected chi connectivity index (χ0v) is 17.0. The Morgan fingerprint density at radius 3 is 2.93 bits per heavy atom. The van der Waals surface area contributed by atoms with Crippen molar-refractivity contribution in [1.82, 2.24) is 15.5 Å². The lowest BCUT2D eigenvalue weighted by Crippen LogP contribution is -2.39. The standard InChI is InChI=1S/C19H25N3O6S/c1-29-7-6-13(10-23)20-17(24)5-3-14-18(25)22(19(26)21-14)9-12-2-4-15-16(8-12)28-11-27-15/h2,4,8,13-14,23H,3,5-7,9-11H2,1H3,(H,20,24)(H,21,26)/t13-,14-/m0/s1. The summed E-state index contributed by atoms with van der Waals surface area (Å²) in [6.45, 7) is 0.139. The average Bonchev–Trinajstić information content (AvgIpc) is 3.28. The molecule has 0 bridgehead atoms. The minimum absolute atomic E-state index is 0.0876. The first-order chi connectivity index (χ1) is 14.0. The SMILES string of the molecule is CSCC[C@@H](CO)NC(=O)CC[C@@H]1NC(=O)N(Cc2ccc3c(c2)OCO3)C1=O. The number of thioether (sulfide) groups is 1. The van der Waals surface area contributed by atoms with Crippen molar-refractivity contribution in [2.24, 2.45) is 0 Å². The fourth-order valence-corrected chi connectivity index (χ4v) is 3.71. The minimum Gasteiger partial charge on any atom is -0.454 e. The van der Waals surface area contributed by atoms with Crippen LogP contribution in [0.4, 0.5) is 4.79 Å². The molecule has 0 spiro atoms. The van der Waals surface area contributed by atoms with Gasteiger partial charge in [-0.15, -0.1) is 0 Å². The Bertz CT molecular complexity index is 774. The Morgan fingerprint density at radius 2 is 2.17 bits per heavy atom. The normalized spacial score (nSPS) is 18.7. The third-order valence-corrected chi connectivity index (χ3v) is 5.44. The lowest BCUT2D eigenvalue weighted by atomic mass is 10.1. The minimum atomic E-state index is -0.735. The molecule has 2 atom stereocenters. The molecule has 0 radical (unpaired) electrons. The van der Waals surface area contributed by atoms with Gasteiger partial charge >= 0.3 is 6.03 Å². The molecule has 1 aromatic rings. The number of amides is 4. The first kappa shape index (κ1) is 21.3. The molecule has 158 valence electrons. The summed E-state index contributed by atoms with van der Waals surface area (Å²) >= 11 is 1.64. The van der Waals surface area contributed by atoms with Crippen LogP contribution >= 0.6 is 11.8 Å². The maximum atomic E-state index is 12.6. The molecule has 1 aromatic carbocycles. The van der Waals surface area contributed by atoms with Crippen molar-refractivity contribution in [3.8, 4) is 11.5 Å². The van der Waals surface area contributed by atoms with E-state index in [4.69, 9.17) is 9.47 Å². The van der Waals surface area contributed by atoms with E-state index in [1.807, 2.05) is 6.26 Å². The van der Waals surface area contributed by atoms with Crippen molar-refractivity contribution < 1.29 is 29.0 Å². The lowest BCUT2D eigenvalue weighted by molar-refractivity contribution is -0.128. The Balaban J connectivity index is 1.50. The molecule has 1 saturated heterocycles. The predicted molar refractivity (Wildman–Crippen MR) is 107 cm³/mol. The van der Waals surface area contributed by atoms with E-state index in [-0.39, 0.29) is 50.6 Å². The molecule has 0 aromatic heterocycles. The Hall–Kier alpha value is -2.46. The van der Waals surface area contributed by atoms with Crippen LogP contribution in [0.3, 0.4) is 0 Å². The van der Waals surface area contributed by atoms with Crippen LogP contribution in [0, 0.1) is 0 Å². The number of aliphatic hydroxyl groups is 1. The van der Waals surface area contributed by atoms with E-state index in [2.05, 4.69) is 10.6 Å². The van der Waals surface area contributed by atoms with E-state index in [9.17, 15) is 19.5 Å². The smallest absolute Gasteiger partial charge is 0.325 e. The Labute approximate surface area is 173 Å². The van der Waals surface area contributed by atoms with Crippen LogP contribution in [-0.4, -0.2) is 65.3 Å². The van der Waals surface area contributed by atoms with Gasteiger partial charge in [-0.25, -0.2) is 4.79 Å². The molecule has 2 aliphatic rings. The predicted octanol–water partition coefficient (Wildman–Crippen LogP) is 0.846. The van der Waals surface area contributed by atoms with E-state index >= 15 is 0 Å². The van der Waals surface area contributed by atoms with E-state index in [0.29, 0.717) is 17.9 Å². The molecule has 2 heterocycles. The summed E-state index contributed by atoms with van der Waals surface area (Å²) in [5.74, 6) is 1.44. The highest BCUT2D eigenvalue weighted by molar-refractivity contribution is 7.98. The van der Waals surface area contributed by atoms with Crippen molar-refractivity contribution in [1.29, 1.82) is 0 Å². The molecular formula is C19H25N3O6S. The fourth-order valence-electron chi connectivity index (χ4n) is 3.19. The number of carbonyl (C=O) groups excluding carboxylic acids is 3. The largest absolute Gasteiger partial charge is 0.454 e. The van der Waals surface area contributed by atoms with Gasteiger partial charge in [0.05, 0.1) is 19.2 Å². The summed E-state index contributed by atoms with van der Waals surface area (Å²) in [5.41, 5.74) is 0.746. The monoisotopic (exact) mass is 423 g/mol. The summed E-state index contributed by atoms with van der Waals surface area (Å²) in [6, 6.07) is 3.75. The van der Waals surface area contributed by atoms with Crippen LogP contribution in [0.1, 0.15) is 24.8 Å². The van der Waals surface area contributed by atoms with E-state index in [1.165, 1.54) is 0 Å². The van der Waals surface area contributed by atoms with Gasteiger partial charge < -0.3 is 25.2 Å². The number of hydrogen-bond donors (Lipinski definition) is 3. The van der Waals surface area contributed by atoms with Crippen molar-refractivity contribution in [2.45, 2.75) is 37.9 Å². The number of hydrogen-bond acceptors (Lipinski definition) is 7. The molecule has 1 fully saturated rings. The van der Waals surface area contributed by atoms with Crippen LogP contribution in [-0.2, 0) is 16.1 Å². The van der Waals surface area contributed by atoms with Crippen LogP contribution in [0.15, 0.2) is 18.2 Å². The lowest BCUT2D eigenvalue weighted by Gasteiger charge is -2.16. The molecule has 3 rings (SSSR count). The number of nitrogens with one attached hydrogen (secondary N) is 2. The van der Waals surface area contributed by atoms with Gasteiger partial charge in [0, 0.05) is 6.42 Å². The van der Waals surface area contributed by atoms with Gasteiger partial charge in [-0.2, -0.15) is 11.8 Å². The third kappa shape index (κ3) is 5.33. The zero-order valence-electron chi connectivity index (χ0n) is 16.2. The highest BCUT2D eigenvalue weighted by Crippen LogP contribution is 2.33. The summed E-state index contributed by atoms with van der Waals surface area (Å²) in [7, 11) is 0. The molecule has 0 aliphatic carbocycles. The Kier molecular flexibility index (Phi) is 7.21. The number of rotatable bonds is 10. The van der Waals surface area contributed by atoms with Crippen molar-refractivity contribution in [2.75, 3.05) is 25.4 Å². The molecular weight excluding hydrogens is 398 g/mol. The second kappa shape index (κ2) is 9.84. The van der Waals surface area contributed by atoms with Crippen LogP contribution in [0.2, 0.25) is 0 Å². The number of carbonyl (C=O) groups is 3. The van der Waals surface area contributed by atoms with Crippen LogP contribution in [0.25, 0.3) is 0 Å². The van der Waals surface area contributed by atoms with Gasteiger partial charge in [0.1, 0.15) is 6.04 Å². The quantitative estimate of drug-likeness (QED) is 0.478. The van der Waals surface area contributed by atoms with Crippen LogP contribution < -0.4 is 20.1 Å². The number of nitrogens with zero attached hydrogens (tertiary/aromatic N) is 1. The first-order valence-corrected chi connectivity index (χ1v) is 10.8. The van der Waals surface area contributed by atoms with Crippen molar-refractivity contribution >= 4 is 29.6 Å². The van der Waals surface area contributed by atoms with E-state index in [0.717, 1.165) is 16.2 Å². The van der Waals surface area contributed by atoms with Crippen molar-refractivity contribution in [3.63, 3.8) is 0 Å². The molecule has 10 heteroatoms. The van der Waals surface area contributed by atoms with Crippen LogP contribution in [0.5, 0.6) is 11.5 Å². The highest BCUT2D eigenvalue weighted by atomic mass is 32.2. The van der Waals surface area contributed by atoms with Gasteiger partial charge in [-0.3, -0.25) is 14.5 Å². The number of fused-ring (bicyclic) bond motifs is 1. The van der Waals surface area contributed by atoms with Crippen molar-refractivity contribution in [3.05, 3.63) is 23.8 Å². The highest BCUT2D eigenvalue weighted by Gasteiger charge is 2.38. The average molecular weight is 423 g/mol. The molecule has 3 N–H and O–H groups in total. The van der Waals surface area contributed by atoms with E-state index in [1.54, 1.807) is 30.0 Å². The van der Waals surface area contributed by atoms with E-state index < -0.39 is 12.1 Å². The number of imide groups is 1. The molecule has 4 amide bonds. The second-order valence-electron chi connectivity index (χ2n) is 6.88. The summed E-state index contributed by atoms with van der Waals surface area (Å²) in [4.78, 5) is 38.1. The number of benzene rings is 1. The second-order valence-corrected chi connectivity index (χ2v) is 7.87. The maximum absolute atomic E-state index is 12.6. The topological polar surface area (TPSA) is 117 Å². The van der Waals surface area contributed by atoms with Gasteiger partial charge in [0.25, 0.3) is 5.91 Å². The number of aliphatic hydroxyl groups excluding tert-OH is 1. The van der Waals surface area contributed by atoms with Gasteiger partial charge in [0.2, 0.25) is 12.7 Å². The first-order valence-electron chi connectivity index (χ1n) is 9.41. The van der Waals surface area contributed by atoms with Gasteiger partial charge in [-0.05, 0) is 42.5 Å². The third-order valence-electron chi connectivity index (χ3n) is 4.80. The zero-order chi connectivity index (χ0) is 20.8. The molecule has 9 nitrogen and oxygen atoms in total. The van der Waals surface area contributed by atoms with Gasteiger partial charge in [0.15, 0.2) is 11.5 Å². The van der Waals surface area contributed by atoms with Gasteiger partial charge in [-0.1, -0.05) is 6.07 Å².